The van der Waals surface area contributed by atoms with Gasteiger partial charge in [0.15, 0.2) is 0 Å². The van der Waals surface area contributed by atoms with Gasteiger partial charge in [0.05, 0.1) is 17.1 Å². The largest absolute Gasteiger partial charge is 0.490 e. The molecule has 0 spiro atoms. The van der Waals surface area contributed by atoms with E-state index in [9.17, 15) is 0 Å². The minimum absolute atomic E-state index is 0. The molecule has 1 fully saturated rings. The molecule has 1 aliphatic heterocycles. The Morgan fingerprint density at radius 2 is 1.93 bits per heavy atom. The highest BCUT2D eigenvalue weighted by Gasteiger charge is 2.15. The van der Waals surface area contributed by atoms with E-state index in [-0.39, 0.29) is 12.4 Å². The van der Waals surface area contributed by atoms with Crippen molar-refractivity contribution in [3.05, 3.63) is 41.9 Å². The number of halogens is 1. The molecule has 0 atom stereocenters. The molecular weight excluding hydrogens is 362 g/mol. The van der Waals surface area contributed by atoms with E-state index in [4.69, 9.17) is 4.74 Å². The number of nitrogens with one attached hydrogen (secondary N) is 2. The Hall–Kier alpha value is -2.31. The number of fused-ring (bicyclic) bond motifs is 1. The molecule has 144 valence electrons. The van der Waals surface area contributed by atoms with Crippen LogP contribution in [0, 0.1) is 13.8 Å². The van der Waals surface area contributed by atoms with E-state index in [0.717, 1.165) is 65.3 Å². The summed E-state index contributed by atoms with van der Waals surface area (Å²) in [7, 11) is 1.95. The summed E-state index contributed by atoms with van der Waals surface area (Å²) in [5.41, 5.74) is 3.07. The lowest BCUT2D eigenvalue weighted by Gasteiger charge is -2.24. The quantitative estimate of drug-likeness (QED) is 0.711. The Balaban J connectivity index is 0.00000210. The number of nitrogens with zero attached hydrogens (tertiary/aromatic N) is 3. The van der Waals surface area contributed by atoms with Gasteiger partial charge < -0.3 is 15.4 Å². The van der Waals surface area contributed by atoms with Crippen molar-refractivity contribution in [3.63, 3.8) is 0 Å². The first-order valence-corrected chi connectivity index (χ1v) is 9.14. The molecule has 6 nitrogen and oxygen atoms in total. The zero-order valence-electron chi connectivity index (χ0n) is 16.0. The topological polar surface area (TPSA) is 64.0 Å². The van der Waals surface area contributed by atoms with Crippen LogP contribution in [-0.2, 0) is 7.05 Å². The fourth-order valence-corrected chi connectivity index (χ4v) is 3.45. The van der Waals surface area contributed by atoms with Crippen LogP contribution in [-0.4, -0.2) is 34.0 Å². The average molecular weight is 388 g/mol. The van der Waals surface area contributed by atoms with Gasteiger partial charge in [-0.3, -0.25) is 4.68 Å². The average Bonchev–Trinajstić information content (AvgIpc) is 2.88. The van der Waals surface area contributed by atoms with Crippen molar-refractivity contribution in [3.8, 4) is 5.75 Å². The standard InChI is InChI=1S/C20H25N5O.ClH/c1-13-20(14(2)25(3)24-13)23-19-11-16-10-18(5-4-15(16)12-22-19)26-17-6-8-21-9-7-17;/h4-5,10-12,17,21H,6-9H2,1-3H3,(H,22,23);1H. The number of aromatic nitrogens is 3. The zero-order chi connectivity index (χ0) is 18.1. The first kappa shape index (κ1) is 19.5. The number of benzene rings is 1. The second-order valence-electron chi connectivity index (χ2n) is 6.94. The van der Waals surface area contributed by atoms with Crippen LogP contribution < -0.4 is 15.4 Å². The molecule has 27 heavy (non-hydrogen) atoms. The van der Waals surface area contributed by atoms with Crippen LogP contribution in [0.3, 0.4) is 0 Å². The molecule has 0 radical (unpaired) electrons. The van der Waals surface area contributed by atoms with Gasteiger partial charge in [0.1, 0.15) is 17.7 Å². The Kier molecular flexibility index (Phi) is 5.87. The summed E-state index contributed by atoms with van der Waals surface area (Å²) in [4.78, 5) is 4.54. The smallest absolute Gasteiger partial charge is 0.131 e. The Bertz CT molecular complexity index is 934. The maximum Gasteiger partial charge on any atom is 0.131 e. The highest BCUT2D eigenvalue weighted by Crippen LogP contribution is 2.27. The molecule has 3 heterocycles. The summed E-state index contributed by atoms with van der Waals surface area (Å²) in [6, 6.07) is 8.28. The molecule has 1 aromatic carbocycles. The third kappa shape index (κ3) is 4.17. The normalized spacial score (nSPS) is 14.8. The summed E-state index contributed by atoms with van der Waals surface area (Å²) >= 11 is 0. The maximum atomic E-state index is 6.17. The number of piperidine rings is 1. The SMILES string of the molecule is Cc1nn(C)c(C)c1Nc1cc2cc(OC3CCNCC3)ccc2cn1.Cl. The van der Waals surface area contributed by atoms with E-state index in [1.165, 1.54) is 0 Å². The van der Waals surface area contributed by atoms with Crippen LogP contribution in [0.4, 0.5) is 11.5 Å². The molecule has 2 aromatic heterocycles. The second-order valence-corrected chi connectivity index (χ2v) is 6.94. The van der Waals surface area contributed by atoms with Crippen molar-refractivity contribution in [2.75, 3.05) is 18.4 Å². The maximum absolute atomic E-state index is 6.17. The summed E-state index contributed by atoms with van der Waals surface area (Å²) in [5.74, 6) is 1.74. The van der Waals surface area contributed by atoms with Crippen molar-refractivity contribution < 1.29 is 4.74 Å². The van der Waals surface area contributed by atoms with Crippen molar-refractivity contribution in [1.29, 1.82) is 0 Å². The molecule has 0 saturated carbocycles. The van der Waals surface area contributed by atoms with Crippen LogP contribution in [0.15, 0.2) is 30.5 Å². The lowest BCUT2D eigenvalue weighted by atomic mass is 10.1. The lowest BCUT2D eigenvalue weighted by Crippen LogP contribution is -2.34. The molecule has 3 aromatic rings. The number of hydrogen-bond donors (Lipinski definition) is 2. The van der Waals surface area contributed by atoms with Gasteiger partial charge in [-0.05, 0) is 69.4 Å². The van der Waals surface area contributed by atoms with E-state index in [1.807, 2.05) is 37.8 Å². The molecule has 2 N–H and O–H groups in total. The lowest BCUT2D eigenvalue weighted by molar-refractivity contribution is 0.162. The van der Waals surface area contributed by atoms with Crippen LogP contribution in [0.25, 0.3) is 10.8 Å². The number of rotatable bonds is 4. The molecule has 7 heteroatoms. The third-order valence-electron chi connectivity index (χ3n) is 5.04. The molecule has 0 aliphatic carbocycles. The Morgan fingerprint density at radius 3 is 2.63 bits per heavy atom. The first-order chi connectivity index (χ1) is 12.6. The van der Waals surface area contributed by atoms with E-state index < -0.39 is 0 Å². The van der Waals surface area contributed by atoms with E-state index in [0.29, 0.717) is 6.10 Å². The Labute approximate surface area is 165 Å². The number of aryl methyl sites for hydroxylation is 2. The monoisotopic (exact) mass is 387 g/mol. The number of pyridine rings is 1. The molecule has 1 aliphatic rings. The molecule has 0 bridgehead atoms. The predicted molar refractivity (Wildman–Crippen MR) is 111 cm³/mol. The molecular formula is C20H26ClN5O. The molecule has 0 unspecified atom stereocenters. The summed E-state index contributed by atoms with van der Waals surface area (Å²) in [6.45, 7) is 6.11. The van der Waals surface area contributed by atoms with E-state index in [1.54, 1.807) is 0 Å². The van der Waals surface area contributed by atoms with Gasteiger partial charge in [0, 0.05) is 18.6 Å². The van der Waals surface area contributed by atoms with Crippen LogP contribution in [0.5, 0.6) is 5.75 Å². The second kappa shape index (κ2) is 8.15. The highest BCUT2D eigenvalue weighted by molar-refractivity contribution is 5.86. The van der Waals surface area contributed by atoms with Gasteiger partial charge in [0.2, 0.25) is 0 Å². The molecule has 1 saturated heterocycles. The van der Waals surface area contributed by atoms with Crippen molar-refractivity contribution in [2.45, 2.75) is 32.8 Å². The van der Waals surface area contributed by atoms with Gasteiger partial charge in [-0.1, -0.05) is 0 Å². The minimum Gasteiger partial charge on any atom is -0.490 e. The number of ether oxygens (including phenoxy) is 1. The summed E-state index contributed by atoms with van der Waals surface area (Å²) in [5, 5.41) is 13.5. The van der Waals surface area contributed by atoms with Gasteiger partial charge >= 0.3 is 0 Å². The minimum atomic E-state index is 0. The van der Waals surface area contributed by atoms with E-state index >= 15 is 0 Å². The van der Waals surface area contributed by atoms with Crippen molar-refractivity contribution in [2.24, 2.45) is 7.05 Å². The molecule has 0 amide bonds. The highest BCUT2D eigenvalue weighted by atomic mass is 35.5. The summed E-state index contributed by atoms with van der Waals surface area (Å²) < 4.78 is 8.05. The summed E-state index contributed by atoms with van der Waals surface area (Å²) in [6.07, 6.45) is 4.31. The first-order valence-electron chi connectivity index (χ1n) is 9.14. The number of hydrogen-bond acceptors (Lipinski definition) is 5. The third-order valence-corrected chi connectivity index (χ3v) is 5.04. The Morgan fingerprint density at radius 1 is 1.15 bits per heavy atom. The van der Waals surface area contributed by atoms with E-state index in [2.05, 4.69) is 38.9 Å². The van der Waals surface area contributed by atoms with Gasteiger partial charge in [-0.15, -0.1) is 12.4 Å². The fourth-order valence-electron chi connectivity index (χ4n) is 3.45. The predicted octanol–water partition coefficient (Wildman–Crippen LogP) is 3.88. The fraction of sp³-hybridized carbons (Fsp3) is 0.400. The van der Waals surface area contributed by atoms with Crippen LogP contribution >= 0.6 is 12.4 Å². The molecule has 4 rings (SSSR count). The van der Waals surface area contributed by atoms with Crippen molar-refractivity contribution >= 4 is 34.7 Å². The van der Waals surface area contributed by atoms with Crippen LogP contribution in [0.1, 0.15) is 24.2 Å². The van der Waals surface area contributed by atoms with Gasteiger partial charge in [0.25, 0.3) is 0 Å². The number of anilines is 2. The zero-order valence-corrected chi connectivity index (χ0v) is 16.8. The van der Waals surface area contributed by atoms with Gasteiger partial charge in [-0.25, -0.2) is 4.98 Å². The van der Waals surface area contributed by atoms with Crippen molar-refractivity contribution in [1.82, 2.24) is 20.1 Å². The van der Waals surface area contributed by atoms with Crippen LogP contribution in [0.2, 0.25) is 0 Å². The van der Waals surface area contributed by atoms with Gasteiger partial charge in [-0.2, -0.15) is 5.10 Å².